The van der Waals surface area contributed by atoms with E-state index in [1.807, 2.05) is 0 Å². The number of rotatable bonds is 5. The summed E-state index contributed by atoms with van der Waals surface area (Å²) in [6, 6.07) is 0. The maximum absolute atomic E-state index is 12.8. The second-order valence-electron chi connectivity index (χ2n) is 9.67. The van der Waals surface area contributed by atoms with Crippen LogP contribution in [-0.4, -0.2) is 25.8 Å². The predicted octanol–water partition coefficient (Wildman–Crippen LogP) is 5.45. The first-order valence-corrected chi connectivity index (χ1v) is 10.9. The van der Waals surface area contributed by atoms with E-state index in [1.54, 1.807) is 25.4 Å². The number of hydrogen-bond donors (Lipinski definition) is 0. The van der Waals surface area contributed by atoms with E-state index in [1.165, 1.54) is 19.3 Å². The van der Waals surface area contributed by atoms with E-state index in [4.69, 9.17) is 9.47 Å². The third kappa shape index (κ3) is 2.97. The highest BCUT2D eigenvalue weighted by atomic mass is 16.7. The Morgan fingerprint density at radius 1 is 1.19 bits per heavy atom. The highest BCUT2D eigenvalue weighted by molar-refractivity contribution is 5.87. The van der Waals surface area contributed by atoms with Crippen LogP contribution in [0.2, 0.25) is 0 Å². The van der Waals surface area contributed by atoms with Crippen molar-refractivity contribution in [3.63, 3.8) is 0 Å². The van der Waals surface area contributed by atoms with Gasteiger partial charge in [0.25, 0.3) is 0 Å². The van der Waals surface area contributed by atoms with Crippen molar-refractivity contribution in [2.45, 2.75) is 76.9 Å². The molecule has 3 heteroatoms. The molecule has 27 heavy (non-hydrogen) atoms. The minimum absolute atomic E-state index is 0.0669. The van der Waals surface area contributed by atoms with Crippen molar-refractivity contribution < 1.29 is 14.3 Å². The normalized spacial score (nSPS) is 40.3. The van der Waals surface area contributed by atoms with E-state index in [2.05, 4.69) is 19.6 Å². The van der Waals surface area contributed by atoms with Gasteiger partial charge in [0.1, 0.15) is 5.78 Å². The fourth-order valence-corrected chi connectivity index (χ4v) is 7.31. The number of allylic oxidation sites excluding steroid dienone is 2. The first kappa shape index (κ1) is 19.4. The number of carbonyl (C=O) groups excluding carboxylic acids is 1. The van der Waals surface area contributed by atoms with Crippen LogP contribution >= 0.6 is 0 Å². The third-order valence-corrected chi connectivity index (χ3v) is 8.69. The minimum atomic E-state index is -0.422. The molecule has 0 aliphatic heterocycles. The first-order chi connectivity index (χ1) is 13.0. The molecule has 3 nitrogen and oxygen atoms in total. The van der Waals surface area contributed by atoms with Crippen LogP contribution in [0.5, 0.6) is 0 Å². The summed E-state index contributed by atoms with van der Waals surface area (Å²) in [5, 5.41) is 0. The Morgan fingerprint density at radius 3 is 2.67 bits per heavy atom. The molecule has 0 radical (unpaired) electrons. The van der Waals surface area contributed by atoms with Crippen molar-refractivity contribution in [1.29, 1.82) is 0 Å². The lowest BCUT2D eigenvalue weighted by atomic mass is 9.50. The molecule has 0 amide bonds. The van der Waals surface area contributed by atoms with E-state index in [-0.39, 0.29) is 5.41 Å². The Balaban J connectivity index is 1.69. The maximum atomic E-state index is 12.8. The molecular weight excluding hydrogens is 336 g/mol. The summed E-state index contributed by atoms with van der Waals surface area (Å²) >= 11 is 0. The highest BCUT2D eigenvalue weighted by Gasteiger charge is 2.58. The van der Waals surface area contributed by atoms with Gasteiger partial charge < -0.3 is 9.47 Å². The van der Waals surface area contributed by atoms with Crippen molar-refractivity contribution in [1.82, 2.24) is 0 Å². The summed E-state index contributed by atoms with van der Waals surface area (Å²) in [4.78, 5) is 12.8. The lowest BCUT2D eigenvalue weighted by Gasteiger charge is -2.54. The average Bonchev–Trinajstić information content (AvgIpc) is 2.99. The monoisotopic (exact) mass is 372 g/mol. The van der Waals surface area contributed by atoms with Crippen molar-refractivity contribution in [3.05, 3.63) is 23.8 Å². The number of hydrogen-bond acceptors (Lipinski definition) is 3. The quantitative estimate of drug-likeness (QED) is 0.475. The molecule has 0 N–H and O–H groups in total. The first-order valence-electron chi connectivity index (χ1n) is 10.9. The largest absolute Gasteiger partial charge is 0.353 e. The number of fused-ring (bicyclic) bond motifs is 4. The van der Waals surface area contributed by atoms with Gasteiger partial charge in [-0.15, -0.1) is 6.58 Å². The molecule has 150 valence electrons. The van der Waals surface area contributed by atoms with Crippen LogP contribution in [0.25, 0.3) is 0 Å². The minimum Gasteiger partial charge on any atom is -0.353 e. The van der Waals surface area contributed by atoms with Crippen LogP contribution in [-0.2, 0) is 14.3 Å². The van der Waals surface area contributed by atoms with Gasteiger partial charge in [-0.25, -0.2) is 0 Å². The molecule has 0 saturated heterocycles. The lowest BCUT2D eigenvalue weighted by Crippen LogP contribution is -2.49. The summed E-state index contributed by atoms with van der Waals surface area (Å²) in [6.45, 7) is 6.25. The lowest BCUT2D eigenvalue weighted by molar-refractivity contribution is -0.213. The van der Waals surface area contributed by atoms with E-state index in [0.29, 0.717) is 29.5 Å². The van der Waals surface area contributed by atoms with Gasteiger partial charge in [0.2, 0.25) is 0 Å². The van der Waals surface area contributed by atoms with Gasteiger partial charge in [-0.3, -0.25) is 4.79 Å². The number of ketones is 1. The molecule has 4 rings (SSSR count). The molecule has 3 unspecified atom stereocenters. The van der Waals surface area contributed by atoms with E-state index in [9.17, 15) is 4.79 Å². The molecular formula is C24H36O3. The molecule has 5 atom stereocenters. The van der Waals surface area contributed by atoms with Gasteiger partial charge in [0.05, 0.1) is 0 Å². The summed E-state index contributed by atoms with van der Waals surface area (Å²) in [7, 11) is 3.56. The second kappa shape index (κ2) is 7.15. The molecule has 0 spiro atoms. The standard InChI is InChI=1S/C24H36O3/c1-5-6-7-17-14-23(2)20(10-11-21(23)25)19-9-8-16-15-24(26-3,27-4)13-12-18(16)22(17)19/h5,17,19-20,22H,1,6-15H2,2-4H3/t17-,19?,20?,22?,23-/m0/s1. The SMILES string of the molecule is C=CCC[C@H]1C[C@]2(C)C(=O)CCC2C2CCC3=C(CCC(OC)(OC)C3)C21. The van der Waals surface area contributed by atoms with Crippen LogP contribution in [0.1, 0.15) is 71.1 Å². The molecule has 0 aromatic heterocycles. The molecule has 0 heterocycles. The van der Waals surface area contributed by atoms with Crippen molar-refractivity contribution in [3.8, 4) is 0 Å². The third-order valence-electron chi connectivity index (χ3n) is 8.69. The zero-order chi connectivity index (χ0) is 19.2. The second-order valence-corrected chi connectivity index (χ2v) is 9.67. The Labute approximate surface area is 164 Å². The van der Waals surface area contributed by atoms with E-state index >= 15 is 0 Å². The Morgan fingerprint density at radius 2 is 1.96 bits per heavy atom. The number of ether oxygens (including phenoxy) is 2. The molecule has 4 aliphatic rings. The van der Waals surface area contributed by atoms with E-state index < -0.39 is 5.79 Å². The van der Waals surface area contributed by atoms with Gasteiger partial charge in [-0.1, -0.05) is 24.1 Å². The highest BCUT2D eigenvalue weighted by Crippen LogP contribution is 2.63. The van der Waals surface area contributed by atoms with Crippen LogP contribution < -0.4 is 0 Å². The zero-order valence-corrected chi connectivity index (χ0v) is 17.4. The summed E-state index contributed by atoms with van der Waals surface area (Å²) in [5.74, 6) is 2.70. The van der Waals surface area contributed by atoms with Gasteiger partial charge in [-0.2, -0.15) is 0 Å². The molecule has 0 aromatic carbocycles. The van der Waals surface area contributed by atoms with Gasteiger partial charge in [0.15, 0.2) is 5.79 Å². The smallest absolute Gasteiger partial charge is 0.171 e. The van der Waals surface area contributed by atoms with Crippen molar-refractivity contribution in [2.75, 3.05) is 14.2 Å². The molecule has 0 aromatic rings. The Kier molecular flexibility index (Phi) is 5.13. The maximum Gasteiger partial charge on any atom is 0.171 e. The van der Waals surface area contributed by atoms with Crippen molar-refractivity contribution in [2.24, 2.45) is 29.1 Å². The summed E-state index contributed by atoms with van der Waals surface area (Å²) in [6.07, 6.45) is 12.7. The summed E-state index contributed by atoms with van der Waals surface area (Å²) < 4.78 is 11.6. The van der Waals surface area contributed by atoms with Crippen LogP contribution in [0.3, 0.4) is 0 Å². The van der Waals surface area contributed by atoms with Crippen LogP contribution in [0, 0.1) is 29.1 Å². The molecule has 2 saturated carbocycles. The van der Waals surface area contributed by atoms with E-state index in [0.717, 1.165) is 44.9 Å². The number of Topliss-reactive ketones (excluding diaryl/α,β-unsaturated/α-hetero) is 1. The number of methoxy groups -OCH3 is 2. The Bertz CT molecular complexity index is 644. The fourth-order valence-electron chi connectivity index (χ4n) is 7.31. The average molecular weight is 373 g/mol. The van der Waals surface area contributed by atoms with Crippen molar-refractivity contribution >= 4 is 5.78 Å². The van der Waals surface area contributed by atoms with Gasteiger partial charge in [0, 0.05) is 38.9 Å². The Hall–Kier alpha value is -0.930. The number of carbonyl (C=O) groups is 1. The summed E-state index contributed by atoms with van der Waals surface area (Å²) in [5.41, 5.74) is 3.25. The topological polar surface area (TPSA) is 35.5 Å². The van der Waals surface area contributed by atoms with Gasteiger partial charge >= 0.3 is 0 Å². The molecule has 2 fully saturated rings. The van der Waals surface area contributed by atoms with Gasteiger partial charge in [-0.05, 0) is 68.6 Å². The predicted molar refractivity (Wildman–Crippen MR) is 107 cm³/mol. The molecule has 0 bridgehead atoms. The van der Waals surface area contributed by atoms with Crippen LogP contribution in [0.15, 0.2) is 23.8 Å². The van der Waals surface area contributed by atoms with Crippen LogP contribution in [0.4, 0.5) is 0 Å². The fraction of sp³-hybridized carbons (Fsp3) is 0.792. The molecule has 4 aliphatic carbocycles. The zero-order valence-electron chi connectivity index (χ0n) is 17.4.